The van der Waals surface area contributed by atoms with E-state index in [1.54, 1.807) is 0 Å². The Balaban J connectivity index is 4.25. The standard InChI is InChI=1S/C4H12O3S/c1-6-8(3,4,5)7-2/h1-4H3. The third-order valence-corrected chi connectivity index (χ3v) is 2.82. The van der Waals surface area contributed by atoms with Crippen LogP contribution in [0, 0.1) is 0 Å². The molecule has 0 fully saturated rings. The van der Waals surface area contributed by atoms with Gasteiger partial charge in [-0.05, 0) is 0 Å². The van der Waals surface area contributed by atoms with Crippen LogP contribution < -0.4 is 0 Å². The molecule has 52 valence electrons. The van der Waals surface area contributed by atoms with Crippen molar-refractivity contribution in [1.29, 1.82) is 0 Å². The highest BCUT2D eigenvalue weighted by atomic mass is 32.3. The molecule has 0 radical (unpaired) electrons. The molecule has 0 amide bonds. The van der Waals surface area contributed by atoms with Crippen molar-refractivity contribution in [2.24, 2.45) is 0 Å². The average molecular weight is 140 g/mol. The van der Waals surface area contributed by atoms with Crippen molar-refractivity contribution in [3.63, 3.8) is 0 Å². The molecule has 8 heavy (non-hydrogen) atoms. The van der Waals surface area contributed by atoms with E-state index in [2.05, 4.69) is 8.37 Å². The third kappa shape index (κ3) is 2.40. The summed E-state index contributed by atoms with van der Waals surface area (Å²) in [5, 5.41) is 0. The normalized spacial score (nSPS) is 17.2. The highest BCUT2D eigenvalue weighted by Crippen LogP contribution is 2.16. The van der Waals surface area contributed by atoms with Gasteiger partial charge < -0.3 is 0 Å². The molecule has 0 aliphatic rings. The summed E-state index contributed by atoms with van der Waals surface area (Å²) in [5.74, 6) is 0. The maximum Gasteiger partial charge on any atom is 0.0812 e. The lowest BCUT2D eigenvalue weighted by atomic mass is 11.8. The molecular weight excluding hydrogens is 128 g/mol. The van der Waals surface area contributed by atoms with Gasteiger partial charge in [-0.15, -0.1) is 0 Å². The Bertz CT molecular complexity index is 124. The fraction of sp³-hybridized carbons (Fsp3) is 1.00. The molecule has 0 atom stereocenters. The minimum atomic E-state index is -3.13. The first-order valence-electron chi connectivity index (χ1n) is 2.13. The van der Waals surface area contributed by atoms with Crippen molar-refractivity contribution >= 4 is 9.63 Å². The zero-order valence-electron chi connectivity index (χ0n) is 5.63. The van der Waals surface area contributed by atoms with Gasteiger partial charge in [0.1, 0.15) is 0 Å². The van der Waals surface area contributed by atoms with E-state index in [4.69, 9.17) is 0 Å². The van der Waals surface area contributed by atoms with Gasteiger partial charge in [-0.2, -0.15) is 0 Å². The number of rotatable bonds is 2. The molecule has 0 aromatic heterocycles. The molecule has 0 rings (SSSR count). The van der Waals surface area contributed by atoms with Gasteiger partial charge >= 0.3 is 0 Å². The number of hydrogen-bond acceptors (Lipinski definition) is 3. The van der Waals surface area contributed by atoms with E-state index >= 15 is 0 Å². The van der Waals surface area contributed by atoms with Gasteiger partial charge in [0.25, 0.3) is 0 Å². The van der Waals surface area contributed by atoms with Gasteiger partial charge in [-0.3, -0.25) is 8.37 Å². The summed E-state index contributed by atoms with van der Waals surface area (Å²) in [7, 11) is -0.412. The molecule has 3 nitrogen and oxygen atoms in total. The molecule has 0 aromatic rings. The molecule has 0 bridgehead atoms. The molecule has 0 aliphatic carbocycles. The van der Waals surface area contributed by atoms with Gasteiger partial charge in [0.15, 0.2) is 0 Å². The Morgan fingerprint density at radius 1 is 1.12 bits per heavy atom. The van der Waals surface area contributed by atoms with Crippen molar-refractivity contribution in [2.45, 2.75) is 0 Å². The Kier molecular flexibility index (Phi) is 1.80. The average Bonchev–Trinajstić information content (AvgIpc) is 1.68. The van der Waals surface area contributed by atoms with Crippen LogP contribution in [-0.4, -0.2) is 30.9 Å². The van der Waals surface area contributed by atoms with Crippen LogP contribution in [0.4, 0.5) is 0 Å². The second kappa shape index (κ2) is 1.79. The van der Waals surface area contributed by atoms with Gasteiger partial charge in [0.2, 0.25) is 0 Å². The molecule has 0 heterocycles. The van der Waals surface area contributed by atoms with Gasteiger partial charge in [0, 0.05) is 12.5 Å². The summed E-state index contributed by atoms with van der Waals surface area (Å²) in [5.41, 5.74) is 0. The molecule has 0 saturated carbocycles. The van der Waals surface area contributed by atoms with E-state index in [1.165, 1.54) is 26.7 Å². The fourth-order valence-electron chi connectivity index (χ4n) is 0.0680. The summed E-state index contributed by atoms with van der Waals surface area (Å²) < 4.78 is 20.3. The lowest BCUT2D eigenvalue weighted by molar-refractivity contribution is 0.296. The first-order chi connectivity index (χ1) is 3.39. The van der Waals surface area contributed by atoms with E-state index < -0.39 is 9.63 Å². The molecule has 0 unspecified atom stereocenters. The Hall–Kier alpha value is 0.0700. The summed E-state index contributed by atoms with van der Waals surface area (Å²) in [6.45, 7) is 0. The second-order valence-electron chi connectivity index (χ2n) is 1.95. The van der Waals surface area contributed by atoms with Crippen LogP contribution in [0.25, 0.3) is 0 Å². The second-order valence-corrected chi connectivity index (χ2v) is 5.84. The smallest absolute Gasteiger partial charge is 0.0812 e. The van der Waals surface area contributed by atoms with E-state index in [9.17, 15) is 4.21 Å². The van der Waals surface area contributed by atoms with E-state index in [-0.39, 0.29) is 0 Å². The van der Waals surface area contributed by atoms with Crippen molar-refractivity contribution in [1.82, 2.24) is 0 Å². The maximum atomic E-state index is 11.1. The monoisotopic (exact) mass is 140 g/mol. The minimum Gasteiger partial charge on any atom is -0.296 e. The highest BCUT2D eigenvalue weighted by molar-refractivity contribution is 8.10. The molecule has 0 spiro atoms. The van der Waals surface area contributed by atoms with Crippen molar-refractivity contribution in [3.8, 4) is 0 Å². The Morgan fingerprint density at radius 3 is 1.38 bits per heavy atom. The third-order valence-electron chi connectivity index (χ3n) is 0.939. The van der Waals surface area contributed by atoms with Gasteiger partial charge in [-0.25, -0.2) is 4.21 Å². The van der Waals surface area contributed by atoms with E-state index in [1.807, 2.05) is 0 Å². The summed E-state index contributed by atoms with van der Waals surface area (Å²) in [4.78, 5) is 0. The fourth-order valence-corrected chi connectivity index (χ4v) is 0.204. The van der Waals surface area contributed by atoms with Crippen LogP contribution in [0.15, 0.2) is 0 Å². The zero-order chi connectivity index (χ0) is 6.86. The first-order valence-corrected chi connectivity index (χ1v) is 4.77. The molecular formula is C4H12O3S. The van der Waals surface area contributed by atoms with Gasteiger partial charge in [-0.1, -0.05) is 0 Å². The lowest BCUT2D eigenvalue weighted by Gasteiger charge is -2.29. The largest absolute Gasteiger partial charge is 0.296 e. The maximum absolute atomic E-state index is 11.1. The topological polar surface area (TPSA) is 35.5 Å². The van der Waals surface area contributed by atoms with Gasteiger partial charge in [0.05, 0.1) is 23.8 Å². The van der Waals surface area contributed by atoms with Crippen molar-refractivity contribution in [2.75, 3.05) is 26.7 Å². The predicted octanol–water partition coefficient (Wildman–Crippen LogP) is 0.189. The minimum absolute atomic E-state index is 1.36. The summed E-state index contributed by atoms with van der Waals surface area (Å²) in [6.07, 6.45) is 2.86. The Labute approximate surface area is 49.8 Å². The van der Waals surface area contributed by atoms with Crippen molar-refractivity contribution in [3.05, 3.63) is 0 Å². The zero-order valence-corrected chi connectivity index (χ0v) is 6.45. The van der Waals surface area contributed by atoms with E-state index in [0.29, 0.717) is 0 Å². The van der Waals surface area contributed by atoms with Crippen molar-refractivity contribution < 1.29 is 12.6 Å². The molecule has 0 aromatic carbocycles. The van der Waals surface area contributed by atoms with Crippen LogP contribution in [0.2, 0.25) is 0 Å². The molecule has 0 aliphatic heterocycles. The van der Waals surface area contributed by atoms with Crippen LogP contribution >= 0.6 is 0 Å². The highest BCUT2D eigenvalue weighted by Gasteiger charge is 2.20. The molecule has 0 N–H and O–H groups in total. The molecule has 0 saturated heterocycles. The molecule has 4 heteroatoms. The summed E-state index contributed by atoms with van der Waals surface area (Å²) in [6, 6.07) is 0. The lowest BCUT2D eigenvalue weighted by Crippen LogP contribution is -2.32. The van der Waals surface area contributed by atoms with E-state index in [0.717, 1.165) is 0 Å². The predicted molar refractivity (Wildman–Crippen MR) is 34.0 cm³/mol. The number of hydrogen-bond donors (Lipinski definition) is 0. The quantitative estimate of drug-likeness (QED) is 0.549. The Morgan fingerprint density at radius 2 is 1.38 bits per heavy atom. The SMILES string of the molecule is COS(C)(C)(=O)OC. The van der Waals surface area contributed by atoms with Crippen LogP contribution in [0.1, 0.15) is 0 Å². The van der Waals surface area contributed by atoms with Crippen LogP contribution in [-0.2, 0) is 18.0 Å². The summed E-state index contributed by atoms with van der Waals surface area (Å²) >= 11 is 0. The van der Waals surface area contributed by atoms with Crippen LogP contribution in [0.3, 0.4) is 0 Å². The first kappa shape index (κ1) is 8.07. The van der Waals surface area contributed by atoms with Crippen LogP contribution in [0.5, 0.6) is 0 Å².